The molecule has 0 saturated carbocycles. The second-order valence-corrected chi connectivity index (χ2v) is 8.21. The van der Waals surface area contributed by atoms with Crippen molar-refractivity contribution in [1.29, 1.82) is 0 Å². The van der Waals surface area contributed by atoms with Gasteiger partial charge in [0.15, 0.2) is 0 Å². The van der Waals surface area contributed by atoms with Gasteiger partial charge in [-0.2, -0.15) is 0 Å². The number of anilines is 1. The molecule has 6 nitrogen and oxygen atoms in total. The molecule has 2 heterocycles. The van der Waals surface area contributed by atoms with E-state index in [0.717, 1.165) is 10.9 Å². The lowest BCUT2D eigenvalue weighted by molar-refractivity contribution is -0.147. The Morgan fingerprint density at radius 3 is 2.45 bits per heavy atom. The number of fused-ring (bicyclic) bond motifs is 2. The van der Waals surface area contributed by atoms with Crippen LogP contribution in [0.25, 0.3) is 10.9 Å². The number of hydrogen-bond donors (Lipinski definition) is 1. The first-order valence-corrected chi connectivity index (χ1v) is 10.1. The van der Waals surface area contributed by atoms with E-state index in [9.17, 15) is 14.4 Å². The number of benzene rings is 1. The first-order chi connectivity index (χ1) is 14.0. The van der Waals surface area contributed by atoms with Gasteiger partial charge in [0, 0.05) is 11.6 Å². The van der Waals surface area contributed by atoms with Crippen molar-refractivity contribution in [2.45, 2.75) is 39.2 Å². The molecule has 2 aromatic rings. The molecule has 1 aromatic heterocycles. The third-order valence-corrected chi connectivity index (χ3v) is 5.75. The van der Waals surface area contributed by atoms with Crippen LogP contribution < -0.4 is 5.32 Å². The summed E-state index contributed by atoms with van der Waals surface area (Å²) in [5, 5.41) is 3.77. The number of amides is 3. The number of aromatic nitrogens is 1. The topological polar surface area (TPSA) is 79.4 Å². The van der Waals surface area contributed by atoms with Crippen molar-refractivity contribution in [3.05, 3.63) is 48.7 Å². The van der Waals surface area contributed by atoms with E-state index in [1.807, 2.05) is 56.3 Å². The quantitative estimate of drug-likeness (QED) is 0.625. The number of carbonyl (C=O) groups excluding carboxylic acids is 3. The molecule has 3 unspecified atom stereocenters. The third-order valence-electron chi connectivity index (χ3n) is 5.75. The maximum Gasteiger partial charge on any atom is 0.247 e. The highest BCUT2D eigenvalue weighted by Crippen LogP contribution is 2.37. The summed E-state index contributed by atoms with van der Waals surface area (Å²) in [5.74, 6) is -1.28. The lowest BCUT2D eigenvalue weighted by atomic mass is 9.85. The summed E-state index contributed by atoms with van der Waals surface area (Å²) < 4.78 is 0. The molecular weight excluding hydrogens is 366 g/mol. The Bertz CT molecular complexity index is 967. The predicted molar refractivity (Wildman–Crippen MR) is 111 cm³/mol. The third kappa shape index (κ3) is 3.55. The zero-order valence-electron chi connectivity index (χ0n) is 16.7. The van der Waals surface area contributed by atoms with Gasteiger partial charge < -0.3 is 5.32 Å². The van der Waals surface area contributed by atoms with Crippen LogP contribution in [0, 0.1) is 17.8 Å². The second-order valence-electron chi connectivity index (χ2n) is 8.21. The molecular formula is C23H25N3O3. The minimum atomic E-state index is -0.812. The van der Waals surface area contributed by atoms with E-state index >= 15 is 0 Å². The maximum absolute atomic E-state index is 13.3. The molecule has 0 bridgehead atoms. The van der Waals surface area contributed by atoms with Gasteiger partial charge in [-0.05, 0) is 49.4 Å². The Hall–Kier alpha value is -3.02. The smallest absolute Gasteiger partial charge is 0.247 e. The minimum Gasteiger partial charge on any atom is -0.324 e. The van der Waals surface area contributed by atoms with E-state index in [0.29, 0.717) is 24.9 Å². The number of nitrogens with zero attached hydrogens (tertiary/aromatic N) is 2. The summed E-state index contributed by atoms with van der Waals surface area (Å²) in [6.45, 7) is 3.98. The molecule has 29 heavy (non-hydrogen) atoms. The highest BCUT2D eigenvalue weighted by atomic mass is 16.2. The molecule has 1 fully saturated rings. The van der Waals surface area contributed by atoms with Crippen molar-refractivity contribution in [2.24, 2.45) is 17.8 Å². The number of likely N-dealkylation sites (tertiary alicyclic amines) is 1. The molecule has 1 aromatic carbocycles. The van der Waals surface area contributed by atoms with Gasteiger partial charge in [-0.3, -0.25) is 24.3 Å². The fourth-order valence-corrected chi connectivity index (χ4v) is 4.34. The van der Waals surface area contributed by atoms with Gasteiger partial charge in [-0.1, -0.05) is 32.1 Å². The Labute approximate surface area is 170 Å². The average Bonchev–Trinajstić information content (AvgIpc) is 2.97. The van der Waals surface area contributed by atoms with Crippen LogP contribution in [0.1, 0.15) is 33.1 Å². The molecule has 3 atom stereocenters. The summed E-state index contributed by atoms with van der Waals surface area (Å²) in [4.78, 5) is 44.9. The largest absolute Gasteiger partial charge is 0.324 e. The number of pyridine rings is 1. The molecule has 0 radical (unpaired) electrons. The zero-order chi connectivity index (χ0) is 20.5. The van der Waals surface area contributed by atoms with Gasteiger partial charge in [0.25, 0.3) is 0 Å². The van der Waals surface area contributed by atoms with E-state index in [1.165, 1.54) is 4.90 Å². The number of allylic oxidation sites excluding steroid dienone is 2. The summed E-state index contributed by atoms with van der Waals surface area (Å²) in [7, 11) is 0. The van der Waals surface area contributed by atoms with Crippen LogP contribution >= 0.6 is 0 Å². The van der Waals surface area contributed by atoms with Crippen LogP contribution in [0.2, 0.25) is 0 Å². The number of carbonyl (C=O) groups is 3. The Morgan fingerprint density at radius 1 is 1.10 bits per heavy atom. The van der Waals surface area contributed by atoms with E-state index in [2.05, 4.69) is 10.3 Å². The average molecular weight is 391 g/mol. The Kier molecular flexibility index (Phi) is 5.18. The first kappa shape index (κ1) is 19.3. The van der Waals surface area contributed by atoms with Crippen molar-refractivity contribution < 1.29 is 14.4 Å². The monoisotopic (exact) mass is 391 g/mol. The molecule has 1 aliphatic heterocycles. The van der Waals surface area contributed by atoms with Crippen molar-refractivity contribution >= 4 is 34.3 Å². The van der Waals surface area contributed by atoms with Crippen molar-refractivity contribution in [3.63, 3.8) is 0 Å². The van der Waals surface area contributed by atoms with Crippen molar-refractivity contribution in [1.82, 2.24) is 9.88 Å². The first-order valence-electron chi connectivity index (χ1n) is 10.1. The standard InChI is InChI=1S/C23H25N3O3/c1-14(2)13-20(26-22(28)15-7-3-4-8-16(15)23(26)29)21(27)25-19-11-5-10-18-17(19)9-6-12-24-18/h3-6,9-12,14-16,20H,7-8,13H2,1-2H3,(H,25,27). The van der Waals surface area contributed by atoms with Crippen LogP contribution in [0.4, 0.5) is 5.69 Å². The van der Waals surface area contributed by atoms with Gasteiger partial charge >= 0.3 is 0 Å². The van der Waals surface area contributed by atoms with Crippen molar-refractivity contribution in [3.8, 4) is 0 Å². The second kappa shape index (κ2) is 7.78. The molecule has 0 spiro atoms. The van der Waals surface area contributed by atoms with Gasteiger partial charge in [0.05, 0.1) is 23.0 Å². The van der Waals surface area contributed by atoms with Gasteiger partial charge in [-0.25, -0.2) is 0 Å². The van der Waals surface area contributed by atoms with E-state index in [4.69, 9.17) is 0 Å². The summed E-state index contributed by atoms with van der Waals surface area (Å²) in [5.41, 5.74) is 1.41. The number of imide groups is 1. The number of nitrogens with one attached hydrogen (secondary N) is 1. The Morgan fingerprint density at radius 2 is 1.79 bits per heavy atom. The van der Waals surface area contributed by atoms with E-state index in [-0.39, 0.29) is 35.5 Å². The molecule has 150 valence electrons. The van der Waals surface area contributed by atoms with E-state index in [1.54, 1.807) is 6.20 Å². The van der Waals surface area contributed by atoms with E-state index < -0.39 is 6.04 Å². The molecule has 1 aliphatic carbocycles. The minimum absolute atomic E-state index is 0.154. The molecule has 1 N–H and O–H groups in total. The zero-order valence-corrected chi connectivity index (χ0v) is 16.7. The molecule has 2 aliphatic rings. The van der Waals surface area contributed by atoms with Gasteiger partial charge in [-0.15, -0.1) is 0 Å². The molecule has 4 rings (SSSR count). The molecule has 6 heteroatoms. The van der Waals surface area contributed by atoms with Crippen LogP contribution in [0.3, 0.4) is 0 Å². The lowest BCUT2D eigenvalue weighted by Gasteiger charge is -2.27. The lowest BCUT2D eigenvalue weighted by Crippen LogP contribution is -2.48. The van der Waals surface area contributed by atoms with Gasteiger partial charge in [0.2, 0.25) is 17.7 Å². The number of hydrogen-bond acceptors (Lipinski definition) is 4. The van der Waals surface area contributed by atoms with Crippen LogP contribution in [-0.2, 0) is 14.4 Å². The van der Waals surface area contributed by atoms with Crippen molar-refractivity contribution in [2.75, 3.05) is 5.32 Å². The Balaban J connectivity index is 1.64. The SMILES string of the molecule is CC(C)CC(C(=O)Nc1cccc2ncccc12)N1C(=O)C2CC=CCC2C1=O. The fraction of sp³-hybridized carbons (Fsp3) is 0.391. The van der Waals surface area contributed by atoms with Crippen LogP contribution in [-0.4, -0.2) is 33.6 Å². The van der Waals surface area contributed by atoms with Crippen LogP contribution in [0.5, 0.6) is 0 Å². The summed E-state index contributed by atoms with van der Waals surface area (Å²) in [6.07, 6.45) is 7.17. The molecule has 3 amide bonds. The highest BCUT2D eigenvalue weighted by molar-refractivity contribution is 6.11. The maximum atomic E-state index is 13.3. The molecule has 1 saturated heterocycles. The fourth-order valence-electron chi connectivity index (χ4n) is 4.34. The number of rotatable bonds is 5. The van der Waals surface area contributed by atoms with Gasteiger partial charge in [0.1, 0.15) is 6.04 Å². The summed E-state index contributed by atoms with van der Waals surface area (Å²) >= 11 is 0. The predicted octanol–water partition coefficient (Wildman–Crippen LogP) is 3.54. The van der Waals surface area contributed by atoms with Crippen LogP contribution in [0.15, 0.2) is 48.7 Å². The highest BCUT2D eigenvalue weighted by Gasteiger charge is 2.51. The summed E-state index contributed by atoms with van der Waals surface area (Å²) in [6, 6.07) is 8.41. The normalized spacial score (nSPS) is 22.2.